The number of aryl methyl sites for hydroxylation is 1. The van der Waals surface area contributed by atoms with Crippen LogP contribution in [0.1, 0.15) is 21.5 Å². The molecule has 142 valence electrons. The monoisotopic (exact) mass is 370 g/mol. The molecule has 0 saturated heterocycles. The molecule has 0 radical (unpaired) electrons. The highest BCUT2D eigenvalue weighted by molar-refractivity contribution is 6.05. The molecule has 0 bridgehead atoms. The summed E-state index contributed by atoms with van der Waals surface area (Å²) in [6.45, 7) is 3.16. The van der Waals surface area contributed by atoms with Gasteiger partial charge in [-0.15, -0.1) is 0 Å². The Morgan fingerprint density at radius 1 is 1.04 bits per heavy atom. The van der Waals surface area contributed by atoms with Crippen molar-refractivity contribution < 1.29 is 18.9 Å². The molecule has 5 nitrogen and oxygen atoms in total. The fourth-order valence-corrected chi connectivity index (χ4v) is 2.30. The van der Waals surface area contributed by atoms with Crippen molar-refractivity contribution in [1.29, 1.82) is 0 Å². The minimum atomic E-state index is -0.388. The second kappa shape index (κ2) is 9.64. The quantitative estimate of drug-likeness (QED) is 0.641. The van der Waals surface area contributed by atoms with Gasteiger partial charge in [0.15, 0.2) is 0 Å². The predicted octanol–water partition coefficient (Wildman–Crippen LogP) is 1.17. The molecule has 0 aromatic heterocycles. The Bertz CT molecular complexity index is 812. The molecule has 0 unspecified atom stereocenters. The molecule has 6 heteroatoms. The van der Waals surface area contributed by atoms with E-state index in [9.17, 15) is 14.0 Å². The number of halogens is 1. The Morgan fingerprint density at radius 3 is 2.26 bits per heavy atom. The van der Waals surface area contributed by atoms with Gasteiger partial charge in [0, 0.05) is 5.56 Å². The molecular formula is C21H25FN3O2+. The molecule has 3 N–H and O–H groups in total. The highest BCUT2D eigenvalue weighted by Crippen LogP contribution is 2.09. The maximum Gasteiger partial charge on any atom is 0.268 e. The summed E-state index contributed by atoms with van der Waals surface area (Å²) in [4.78, 5) is 26.2. The van der Waals surface area contributed by atoms with Crippen LogP contribution in [0.15, 0.2) is 54.2 Å². The Hall–Kier alpha value is -2.99. The van der Waals surface area contributed by atoms with Gasteiger partial charge in [0.05, 0.1) is 27.2 Å². The van der Waals surface area contributed by atoms with Gasteiger partial charge in [-0.1, -0.05) is 29.8 Å². The molecule has 27 heavy (non-hydrogen) atoms. The zero-order valence-corrected chi connectivity index (χ0v) is 15.8. The van der Waals surface area contributed by atoms with Crippen molar-refractivity contribution in [2.45, 2.75) is 6.92 Å². The minimum Gasteiger partial charge on any atom is -0.345 e. The number of nitrogens with one attached hydrogen (secondary N) is 3. The summed E-state index contributed by atoms with van der Waals surface area (Å²) in [6, 6.07) is 12.8. The van der Waals surface area contributed by atoms with Crippen LogP contribution in [0, 0.1) is 12.7 Å². The molecule has 0 aliphatic heterocycles. The van der Waals surface area contributed by atoms with E-state index in [1.54, 1.807) is 24.3 Å². The van der Waals surface area contributed by atoms with Gasteiger partial charge in [0.2, 0.25) is 0 Å². The lowest BCUT2D eigenvalue weighted by atomic mass is 10.1. The zero-order chi connectivity index (χ0) is 19.8. The number of carbonyl (C=O) groups excluding carboxylic acids is 2. The summed E-state index contributed by atoms with van der Waals surface area (Å²) in [5, 5.41) is 5.46. The first-order valence-electron chi connectivity index (χ1n) is 8.77. The van der Waals surface area contributed by atoms with Crippen molar-refractivity contribution in [1.82, 2.24) is 10.6 Å². The molecule has 0 spiro atoms. The number of hydrogen-bond donors (Lipinski definition) is 3. The highest BCUT2D eigenvalue weighted by atomic mass is 19.1. The standard InChI is InChI=1S/C21H24FN3O2/c1-15-4-8-17(9-5-15)20(26)24-19(21(27)23-12-13-25(2)3)14-16-6-10-18(22)11-7-16/h4-11,14H,12-13H2,1-3H3,(H,23,27)(H,24,26)/p+1. The second-order valence-electron chi connectivity index (χ2n) is 6.64. The lowest BCUT2D eigenvalue weighted by Gasteiger charge is -2.12. The van der Waals surface area contributed by atoms with Gasteiger partial charge < -0.3 is 15.5 Å². The van der Waals surface area contributed by atoms with Crippen LogP contribution in [-0.4, -0.2) is 39.0 Å². The number of rotatable bonds is 7. The zero-order valence-electron chi connectivity index (χ0n) is 15.8. The number of quaternary nitrogens is 1. The highest BCUT2D eigenvalue weighted by Gasteiger charge is 2.15. The summed E-state index contributed by atoms with van der Waals surface area (Å²) in [5.41, 5.74) is 2.22. The molecule has 2 aromatic carbocycles. The molecule has 0 heterocycles. The van der Waals surface area contributed by atoms with E-state index in [1.807, 2.05) is 33.2 Å². The normalized spacial score (nSPS) is 11.4. The van der Waals surface area contributed by atoms with E-state index < -0.39 is 0 Å². The van der Waals surface area contributed by atoms with Gasteiger partial charge >= 0.3 is 0 Å². The number of amides is 2. The second-order valence-corrected chi connectivity index (χ2v) is 6.64. The molecule has 0 fully saturated rings. The van der Waals surface area contributed by atoms with Crippen molar-refractivity contribution >= 4 is 17.9 Å². The van der Waals surface area contributed by atoms with E-state index in [0.717, 1.165) is 12.1 Å². The Balaban J connectivity index is 2.20. The molecule has 0 aliphatic carbocycles. The lowest BCUT2D eigenvalue weighted by Crippen LogP contribution is -3.06. The maximum atomic E-state index is 13.1. The molecule has 2 aromatic rings. The third-order valence-electron chi connectivity index (χ3n) is 3.90. The van der Waals surface area contributed by atoms with Crippen LogP contribution in [0.5, 0.6) is 0 Å². The first-order chi connectivity index (χ1) is 12.8. The first kappa shape index (κ1) is 20.3. The van der Waals surface area contributed by atoms with Crippen LogP contribution in [0.3, 0.4) is 0 Å². The van der Waals surface area contributed by atoms with Gasteiger partial charge in [-0.25, -0.2) is 4.39 Å². The van der Waals surface area contributed by atoms with Gasteiger partial charge in [0.25, 0.3) is 11.8 Å². The lowest BCUT2D eigenvalue weighted by molar-refractivity contribution is -0.856. The van der Waals surface area contributed by atoms with Gasteiger partial charge in [-0.2, -0.15) is 0 Å². The van der Waals surface area contributed by atoms with Gasteiger partial charge in [-0.05, 0) is 42.8 Å². The van der Waals surface area contributed by atoms with Crippen LogP contribution >= 0.6 is 0 Å². The molecule has 2 amide bonds. The minimum absolute atomic E-state index is 0.112. The molecular weight excluding hydrogens is 345 g/mol. The smallest absolute Gasteiger partial charge is 0.268 e. The van der Waals surface area contributed by atoms with E-state index >= 15 is 0 Å². The summed E-state index contributed by atoms with van der Waals surface area (Å²) in [6.07, 6.45) is 1.53. The fourth-order valence-electron chi connectivity index (χ4n) is 2.30. The number of benzene rings is 2. The Kier molecular flexibility index (Phi) is 7.25. The van der Waals surface area contributed by atoms with Crippen molar-refractivity contribution in [3.63, 3.8) is 0 Å². The molecule has 0 atom stereocenters. The number of carbonyl (C=O) groups is 2. The number of likely N-dealkylation sites (N-methyl/N-ethyl adjacent to an activating group) is 1. The largest absolute Gasteiger partial charge is 0.345 e. The fraction of sp³-hybridized carbons (Fsp3) is 0.238. The van der Waals surface area contributed by atoms with Crippen LogP contribution in [0.2, 0.25) is 0 Å². The maximum absolute atomic E-state index is 13.1. The van der Waals surface area contributed by atoms with E-state index in [-0.39, 0.29) is 23.3 Å². The SMILES string of the molecule is Cc1ccc(C(=O)NC(=Cc2ccc(F)cc2)C(=O)NCC[NH+](C)C)cc1. The van der Waals surface area contributed by atoms with Crippen LogP contribution in [0.25, 0.3) is 6.08 Å². The van der Waals surface area contributed by atoms with Gasteiger partial charge in [0.1, 0.15) is 11.5 Å². The van der Waals surface area contributed by atoms with Crippen molar-refractivity contribution in [3.8, 4) is 0 Å². The van der Waals surface area contributed by atoms with Crippen molar-refractivity contribution in [3.05, 3.63) is 76.7 Å². The topological polar surface area (TPSA) is 62.6 Å². The molecule has 0 saturated carbocycles. The third kappa shape index (κ3) is 6.67. The Labute approximate surface area is 158 Å². The Morgan fingerprint density at radius 2 is 1.67 bits per heavy atom. The van der Waals surface area contributed by atoms with E-state index in [2.05, 4.69) is 10.6 Å². The van der Waals surface area contributed by atoms with E-state index in [0.29, 0.717) is 17.7 Å². The summed E-state index contributed by atoms with van der Waals surface area (Å²) < 4.78 is 13.1. The van der Waals surface area contributed by atoms with Crippen molar-refractivity contribution in [2.75, 3.05) is 27.2 Å². The molecule has 0 aliphatic rings. The first-order valence-corrected chi connectivity index (χ1v) is 8.77. The van der Waals surface area contributed by atoms with E-state index in [1.165, 1.54) is 23.1 Å². The van der Waals surface area contributed by atoms with Crippen LogP contribution in [0.4, 0.5) is 4.39 Å². The summed E-state index contributed by atoms with van der Waals surface area (Å²) >= 11 is 0. The molecule has 2 rings (SSSR count). The van der Waals surface area contributed by atoms with Crippen LogP contribution in [-0.2, 0) is 4.79 Å². The summed E-state index contributed by atoms with van der Waals surface area (Å²) in [7, 11) is 3.97. The van der Waals surface area contributed by atoms with Gasteiger partial charge in [-0.3, -0.25) is 9.59 Å². The summed E-state index contributed by atoms with van der Waals surface area (Å²) in [5.74, 6) is -1.13. The third-order valence-corrected chi connectivity index (χ3v) is 3.90. The van der Waals surface area contributed by atoms with Crippen LogP contribution < -0.4 is 15.5 Å². The predicted molar refractivity (Wildman–Crippen MR) is 104 cm³/mol. The average molecular weight is 370 g/mol. The van der Waals surface area contributed by atoms with E-state index in [4.69, 9.17) is 0 Å². The number of hydrogen-bond acceptors (Lipinski definition) is 2. The average Bonchev–Trinajstić information content (AvgIpc) is 2.63. The van der Waals surface area contributed by atoms with Crippen molar-refractivity contribution in [2.24, 2.45) is 0 Å².